The van der Waals surface area contributed by atoms with Gasteiger partial charge in [0.2, 0.25) is 0 Å². The topological polar surface area (TPSA) is 84.0 Å². The van der Waals surface area contributed by atoms with Gasteiger partial charge in [0.25, 0.3) is 11.8 Å². The third-order valence-corrected chi connectivity index (χ3v) is 12.1. The highest BCUT2D eigenvalue weighted by Crippen LogP contribution is 2.42. The zero-order valence-electron chi connectivity index (χ0n) is 33.2. The van der Waals surface area contributed by atoms with E-state index < -0.39 is 0 Å². The predicted octanol–water partition coefficient (Wildman–Crippen LogP) is 7.53. The second-order valence-corrected chi connectivity index (χ2v) is 15.2. The Bertz CT molecular complexity index is 1740. The first-order valence-electron chi connectivity index (χ1n) is 18.6. The summed E-state index contributed by atoms with van der Waals surface area (Å²) >= 11 is 3.17. The summed E-state index contributed by atoms with van der Waals surface area (Å²) in [7, 11) is 6.66. The van der Waals surface area contributed by atoms with Crippen LogP contribution in [0.4, 0.5) is 0 Å². The number of methoxy groups -OCH3 is 4. The van der Waals surface area contributed by atoms with Crippen LogP contribution in [0.3, 0.4) is 0 Å². The number of halogens is 1. The molecule has 2 aliphatic rings. The Hall–Kier alpha value is -4.07. The number of carbonyl (C=O) groups is 2. The molecule has 0 saturated carbocycles. The van der Waals surface area contributed by atoms with Crippen molar-refractivity contribution in [1.82, 2.24) is 19.6 Å². The Kier molecular flexibility index (Phi) is 15.7. The highest BCUT2D eigenvalue weighted by molar-refractivity contribution is 7.99. The molecular formula is C43H53ClN4O6S2. The van der Waals surface area contributed by atoms with Gasteiger partial charge in [-0.3, -0.25) is 19.4 Å². The first-order valence-corrected chi connectivity index (χ1v) is 21.1. The molecule has 6 rings (SSSR count). The van der Waals surface area contributed by atoms with Crippen molar-refractivity contribution in [2.24, 2.45) is 0 Å². The van der Waals surface area contributed by atoms with Crippen molar-refractivity contribution in [2.45, 2.75) is 16.2 Å². The van der Waals surface area contributed by atoms with Crippen molar-refractivity contribution < 1.29 is 28.5 Å². The van der Waals surface area contributed by atoms with Gasteiger partial charge in [0.1, 0.15) is 23.0 Å². The number of amides is 2. The van der Waals surface area contributed by atoms with Crippen molar-refractivity contribution in [1.29, 1.82) is 0 Å². The fraction of sp³-hybridized carbons (Fsp3) is 0.395. The fourth-order valence-electron chi connectivity index (χ4n) is 7.34. The number of thioether (sulfide) groups is 2. The average molecular weight is 822 g/mol. The van der Waals surface area contributed by atoms with Crippen LogP contribution in [0.15, 0.2) is 82.6 Å². The van der Waals surface area contributed by atoms with Crippen LogP contribution in [-0.2, 0) is 0 Å². The van der Waals surface area contributed by atoms with Gasteiger partial charge in [-0.15, -0.1) is 35.9 Å². The maximum absolute atomic E-state index is 13.4. The lowest BCUT2D eigenvalue weighted by atomic mass is 10.0. The van der Waals surface area contributed by atoms with Gasteiger partial charge in [-0.05, 0) is 103 Å². The molecule has 0 aliphatic carbocycles. The van der Waals surface area contributed by atoms with Crippen molar-refractivity contribution in [3.8, 4) is 45.3 Å². The van der Waals surface area contributed by atoms with Gasteiger partial charge in [-0.25, -0.2) is 0 Å². The van der Waals surface area contributed by atoms with Crippen LogP contribution in [0.5, 0.6) is 23.0 Å². The zero-order chi connectivity index (χ0) is 38.9. The molecule has 0 atom stereocenters. The van der Waals surface area contributed by atoms with Crippen LogP contribution in [0.2, 0.25) is 0 Å². The Morgan fingerprint density at radius 3 is 1.07 bits per heavy atom. The summed E-state index contributed by atoms with van der Waals surface area (Å²) in [5, 5.41) is 0. The van der Waals surface area contributed by atoms with Crippen molar-refractivity contribution >= 4 is 47.7 Å². The van der Waals surface area contributed by atoms with Crippen LogP contribution < -0.4 is 18.9 Å². The molecule has 0 N–H and O–H groups in total. The maximum atomic E-state index is 13.4. The van der Waals surface area contributed by atoms with E-state index in [1.807, 2.05) is 95.1 Å². The SMILES string of the molecule is COc1cc(-c2ccc(C(=O)N3CCN(CCCN4CCN(C(=O)c5ccc(-c6cc(OC)c(SC)c(OC)c6)cc5)CC4)CC3)cc2)cc(OC)c1SC.Cl. The van der Waals surface area contributed by atoms with Gasteiger partial charge < -0.3 is 28.7 Å². The van der Waals surface area contributed by atoms with Crippen LogP contribution >= 0.6 is 35.9 Å². The number of benzene rings is 4. The number of hydrogen-bond acceptors (Lipinski definition) is 10. The van der Waals surface area contributed by atoms with Gasteiger partial charge >= 0.3 is 0 Å². The smallest absolute Gasteiger partial charge is 0.253 e. The Balaban J connectivity index is 0.00000600. The Morgan fingerprint density at radius 2 is 0.804 bits per heavy atom. The third-order valence-electron chi connectivity index (χ3n) is 10.5. The van der Waals surface area contributed by atoms with Gasteiger partial charge in [0.15, 0.2) is 0 Å². The van der Waals surface area contributed by atoms with Crippen LogP contribution in [0.25, 0.3) is 22.3 Å². The summed E-state index contributed by atoms with van der Waals surface area (Å²) in [4.78, 5) is 37.5. The van der Waals surface area contributed by atoms with Gasteiger partial charge in [-0.1, -0.05) is 24.3 Å². The lowest BCUT2D eigenvalue weighted by molar-refractivity contribution is 0.0606. The summed E-state index contributed by atoms with van der Waals surface area (Å²) in [6.45, 7) is 8.38. The Labute approximate surface area is 346 Å². The van der Waals surface area contributed by atoms with E-state index in [9.17, 15) is 9.59 Å². The lowest BCUT2D eigenvalue weighted by Crippen LogP contribution is -2.50. The second kappa shape index (κ2) is 20.4. The van der Waals surface area contributed by atoms with E-state index in [0.717, 1.165) is 127 Å². The fourth-order valence-corrected chi connectivity index (χ4v) is 8.71. The minimum absolute atomic E-state index is 0. The molecule has 4 aromatic rings. The predicted molar refractivity (Wildman–Crippen MR) is 230 cm³/mol. The molecule has 2 aliphatic heterocycles. The molecule has 4 aromatic carbocycles. The number of nitrogens with zero attached hydrogens (tertiary/aromatic N) is 4. The highest BCUT2D eigenvalue weighted by Gasteiger charge is 2.25. The van der Waals surface area contributed by atoms with E-state index in [-0.39, 0.29) is 24.2 Å². The van der Waals surface area contributed by atoms with Crippen LogP contribution in [0.1, 0.15) is 27.1 Å². The van der Waals surface area contributed by atoms with E-state index in [2.05, 4.69) is 9.80 Å². The van der Waals surface area contributed by atoms with Gasteiger partial charge in [0, 0.05) is 63.5 Å². The highest BCUT2D eigenvalue weighted by atomic mass is 35.5. The number of carbonyl (C=O) groups excluding carboxylic acids is 2. The lowest BCUT2D eigenvalue weighted by Gasteiger charge is -2.37. The van der Waals surface area contributed by atoms with Crippen molar-refractivity contribution in [2.75, 3.05) is 106 Å². The molecule has 0 bridgehead atoms. The van der Waals surface area contributed by atoms with Crippen molar-refractivity contribution in [3.63, 3.8) is 0 Å². The summed E-state index contributed by atoms with van der Waals surface area (Å²) in [5.74, 6) is 3.22. The minimum Gasteiger partial charge on any atom is -0.495 e. The maximum Gasteiger partial charge on any atom is 0.253 e. The molecule has 300 valence electrons. The monoisotopic (exact) mass is 820 g/mol. The summed E-state index contributed by atoms with van der Waals surface area (Å²) in [6, 6.07) is 23.7. The molecule has 2 fully saturated rings. The zero-order valence-corrected chi connectivity index (χ0v) is 35.6. The van der Waals surface area contributed by atoms with E-state index in [1.165, 1.54) is 0 Å². The van der Waals surface area contributed by atoms with Crippen LogP contribution in [0, 0.1) is 0 Å². The molecule has 2 amide bonds. The average Bonchev–Trinajstić information content (AvgIpc) is 3.25. The molecule has 56 heavy (non-hydrogen) atoms. The second-order valence-electron chi connectivity index (χ2n) is 13.6. The molecule has 0 aromatic heterocycles. The quantitative estimate of drug-likeness (QED) is 0.119. The molecule has 0 spiro atoms. The normalized spacial score (nSPS) is 14.9. The number of piperazine rings is 2. The molecule has 2 saturated heterocycles. The molecule has 2 heterocycles. The summed E-state index contributed by atoms with van der Waals surface area (Å²) in [5.41, 5.74) is 5.36. The minimum atomic E-state index is 0. The largest absolute Gasteiger partial charge is 0.495 e. The van der Waals surface area contributed by atoms with E-state index in [1.54, 1.807) is 52.0 Å². The standard InChI is InChI=1S/C43H52N4O6S2.ClH/c1-50-36-26-34(27-37(51-2)40(36)54-5)30-8-12-32(13-9-30)42(48)46-22-18-44(19-23-46)16-7-17-45-20-24-47(25-21-45)43(49)33-14-10-31(11-15-33)35-28-38(52-3)41(55-6)39(29-35)53-4;/h8-15,26-29H,7,16-25H2,1-6H3;1H. The van der Waals surface area contributed by atoms with E-state index in [4.69, 9.17) is 18.9 Å². The number of hydrogen-bond donors (Lipinski definition) is 0. The third kappa shape index (κ3) is 9.89. The van der Waals surface area contributed by atoms with Crippen LogP contribution in [-0.4, -0.2) is 138 Å². The van der Waals surface area contributed by atoms with Gasteiger partial charge in [0.05, 0.1) is 38.2 Å². The van der Waals surface area contributed by atoms with E-state index in [0.29, 0.717) is 11.1 Å². The molecule has 13 heteroatoms. The Morgan fingerprint density at radius 1 is 0.500 bits per heavy atom. The van der Waals surface area contributed by atoms with Gasteiger partial charge in [-0.2, -0.15) is 0 Å². The molecule has 0 radical (unpaired) electrons. The summed E-state index contributed by atoms with van der Waals surface area (Å²) < 4.78 is 22.4. The molecular weight excluding hydrogens is 768 g/mol. The first kappa shape index (κ1) is 43.1. The number of rotatable bonds is 14. The first-order chi connectivity index (χ1) is 26.8. The summed E-state index contributed by atoms with van der Waals surface area (Å²) in [6.07, 6.45) is 5.06. The van der Waals surface area contributed by atoms with E-state index >= 15 is 0 Å². The number of ether oxygens (including phenoxy) is 4. The molecule has 10 nitrogen and oxygen atoms in total. The van der Waals surface area contributed by atoms with Crippen molar-refractivity contribution in [3.05, 3.63) is 83.9 Å². The molecule has 0 unspecified atom stereocenters.